The maximum Gasteiger partial charge on any atom is 0.232 e. The Labute approximate surface area is 171 Å². The van der Waals surface area contributed by atoms with E-state index in [0.717, 1.165) is 0 Å². The molecule has 3 aromatic rings. The SMILES string of the molecule is COc1ccc(OC)c(N2CC(c3nc(-c4ccc(F)c(Cl)c4)no3)CC2=O)c1. The summed E-state index contributed by atoms with van der Waals surface area (Å²) in [5.41, 5.74) is 1.14. The first kappa shape index (κ1) is 19.2. The van der Waals surface area contributed by atoms with Crippen molar-refractivity contribution in [2.75, 3.05) is 25.7 Å². The van der Waals surface area contributed by atoms with Crippen molar-refractivity contribution in [3.05, 3.63) is 53.1 Å². The summed E-state index contributed by atoms with van der Waals surface area (Å²) in [5, 5.41) is 3.92. The van der Waals surface area contributed by atoms with E-state index < -0.39 is 5.82 Å². The molecule has 1 aromatic heterocycles. The van der Waals surface area contributed by atoms with E-state index in [-0.39, 0.29) is 29.1 Å². The molecule has 9 heteroatoms. The number of carbonyl (C=O) groups is 1. The molecule has 0 radical (unpaired) electrons. The molecule has 1 aliphatic heterocycles. The van der Waals surface area contributed by atoms with Crippen molar-refractivity contribution in [3.8, 4) is 22.9 Å². The van der Waals surface area contributed by atoms with Gasteiger partial charge in [0.1, 0.15) is 17.3 Å². The first-order chi connectivity index (χ1) is 14.0. The molecule has 1 fully saturated rings. The van der Waals surface area contributed by atoms with Crippen molar-refractivity contribution in [3.63, 3.8) is 0 Å². The number of methoxy groups -OCH3 is 2. The number of hydrogen-bond acceptors (Lipinski definition) is 6. The molecule has 1 saturated heterocycles. The summed E-state index contributed by atoms with van der Waals surface area (Å²) in [6, 6.07) is 9.45. The van der Waals surface area contributed by atoms with Gasteiger partial charge in [0.25, 0.3) is 0 Å². The zero-order valence-electron chi connectivity index (χ0n) is 15.7. The second-order valence-corrected chi connectivity index (χ2v) is 6.94. The monoisotopic (exact) mass is 417 g/mol. The first-order valence-corrected chi connectivity index (χ1v) is 9.19. The number of aromatic nitrogens is 2. The highest BCUT2D eigenvalue weighted by Gasteiger charge is 2.36. The van der Waals surface area contributed by atoms with Gasteiger partial charge in [-0.15, -0.1) is 0 Å². The maximum atomic E-state index is 13.4. The number of benzene rings is 2. The van der Waals surface area contributed by atoms with Crippen LogP contribution >= 0.6 is 11.6 Å². The standard InChI is InChI=1S/C20H17ClFN3O4/c1-27-13-4-6-17(28-2)16(9-13)25-10-12(8-18(25)26)20-23-19(24-29-20)11-3-5-15(22)14(21)7-11/h3-7,9,12H,8,10H2,1-2H3. The van der Waals surface area contributed by atoms with Gasteiger partial charge in [0.15, 0.2) is 0 Å². The van der Waals surface area contributed by atoms with Crippen LogP contribution in [0.2, 0.25) is 5.02 Å². The minimum atomic E-state index is -0.525. The highest BCUT2D eigenvalue weighted by atomic mass is 35.5. The molecular weight excluding hydrogens is 401 g/mol. The molecule has 0 aliphatic carbocycles. The van der Waals surface area contributed by atoms with Crippen molar-refractivity contribution in [2.45, 2.75) is 12.3 Å². The van der Waals surface area contributed by atoms with E-state index in [1.54, 1.807) is 37.3 Å². The van der Waals surface area contributed by atoms with Crippen LogP contribution < -0.4 is 14.4 Å². The van der Waals surface area contributed by atoms with Gasteiger partial charge >= 0.3 is 0 Å². The Bertz CT molecular complexity index is 1070. The molecule has 150 valence electrons. The van der Waals surface area contributed by atoms with Gasteiger partial charge in [0.05, 0.1) is 30.8 Å². The Kier molecular flexibility index (Phi) is 5.10. The molecule has 1 unspecified atom stereocenters. The fourth-order valence-corrected chi connectivity index (χ4v) is 3.45. The molecule has 2 heterocycles. The molecule has 7 nitrogen and oxygen atoms in total. The molecule has 29 heavy (non-hydrogen) atoms. The van der Waals surface area contributed by atoms with Crippen LogP contribution in [0.25, 0.3) is 11.4 Å². The van der Waals surface area contributed by atoms with E-state index in [2.05, 4.69) is 10.1 Å². The summed E-state index contributed by atoms with van der Waals surface area (Å²) in [7, 11) is 3.10. The van der Waals surface area contributed by atoms with Crippen LogP contribution in [0.5, 0.6) is 11.5 Å². The molecule has 1 atom stereocenters. The molecule has 0 N–H and O–H groups in total. The second-order valence-electron chi connectivity index (χ2n) is 6.53. The lowest BCUT2D eigenvalue weighted by Crippen LogP contribution is -2.24. The lowest BCUT2D eigenvalue weighted by molar-refractivity contribution is -0.117. The van der Waals surface area contributed by atoms with Crippen molar-refractivity contribution in [1.82, 2.24) is 10.1 Å². The zero-order chi connectivity index (χ0) is 20.5. The van der Waals surface area contributed by atoms with Gasteiger partial charge in [-0.05, 0) is 30.3 Å². The number of rotatable bonds is 5. The third kappa shape index (κ3) is 3.63. The second kappa shape index (κ2) is 7.71. The lowest BCUT2D eigenvalue weighted by atomic mass is 10.1. The van der Waals surface area contributed by atoms with Gasteiger partial charge in [-0.2, -0.15) is 4.98 Å². The van der Waals surface area contributed by atoms with Crippen molar-refractivity contribution in [1.29, 1.82) is 0 Å². The van der Waals surface area contributed by atoms with E-state index in [1.165, 1.54) is 18.2 Å². The summed E-state index contributed by atoms with van der Waals surface area (Å²) < 4.78 is 29.4. The van der Waals surface area contributed by atoms with Crippen LogP contribution in [0.1, 0.15) is 18.2 Å². The van der Waals surface area contributed by atoms with E-state index >= 15 is 0 Å². The van der Waals surface area contributed by atoms with Crippen LogP contribution in [0.4, 0.5) is 10.1 Å². The topological polar surface area (TPSA) is 77.7 Å². The van der Waals surface area contributed by atoms with Gasteiger partial charge in [-0.25, -0.2) is 4.39 Å². The summed E-state index contributed by atoms with van der Waals surface area (Å²) in [6.45, 7) is 0.355. The van der Waals surface area contributed by atoms with Crippen molar-refractivity contribution in [2.24, 2.45) is 0 Å². The molecule has 0 bridgehead atoms. The number of hydrogen-bond donors (Lipinski definition) is 0. The van der Waals surface area contributed by atoms with Crippen molar-refractivity contribution < 1.29 is 23.2 Å². The summed E-state index contributed by atoms with van der Waals surface area (Å²) in [5.74, 6) is 0.896. The minimum Gasteiger partial charge on any atom is -0.497 e. The van der Waals surface area contributed by atoms with Crippen LogP contribution in [0, 0.1) is 5.82 Å². The van der Waals surface area contributed by atoms with Crippen LogP contribution in [0.15, 0.2) is 40.9 Å². The molecular formula is C20H17ClFN3O4. The van der Waals surface area contributed by atoms with Gasteiger partial charge in [0, 0.05) is 24.6 Å². The highest BCUT2D eigenvalue weighted by Crippen LogP contribution is 2.38. The normalized spacial score (nSPS) is 16.3. The van der Waals surface area contributed by atoms with Crippen LogP contribution in [0.3, 0.4) is 0 Å². The predicted octanol–water partition coefficient (Wildman–Crippen LogP) is 4.07. The van der Waals surface area contributed by atoms with E-state index in [4.69, 9.17) is 25.6 Å². The predicted molar refractivity (Wildman–Crippen MR) is 104 cm³/mol. The fourth-order valence-electron chi connectivity index (χ4n) is 3.27. The van der Waals surface area contributed by atoms with Gasteiger partial charge in [0.2, 0.25) is 17.6 Å². The molecule has 1 amide bonds. The summed E-state index contributed by atoms with van der Waals surface area (Å²) in [4.78, 5) is 18.7. The van der Waals surface area contributed by atoms with E-state index in [1.807, 2.05) is 0 Å². The maximum absolute atomic E-state index is 13.4. The van der Waals surface area contributed by atoms with Gasteiger partial charge < -0.3 is 18.9 Å². The molecule has 2 aromatic carbocycles. The summed E-state index contributed by atoms with van der Waals surface area (Å²) >= 11 is 5.82. The van der Waals surface area contributed by atoms with E-state index in [0.29, 0.717) is 35.2 Å². The Morgan fingerprint density at radius 3 is 2.76 bits per heavy atom. The minimum absolute atomic E-state index is 0.0267. The average Bonchev–Trinajstić information content (AvgIpc) is 3.36. The number of anilines is 1. The van der Waals surface area contributed by atoms with Crippen LogP contribution in [-0.2, 0) is 4.79 Å². The third-order valence-corrected chi connectivity index (χ3v) is 5.06. The molecule has 4 rings (SSSR count). The van der Waals surface area contributed by atoms with Crippen LogP contribution in [-0.4, -0.2) is 36.8 Å². The van der Waals surface area contributed by atoms with Crippen molar-refractivity contribution >= 4 is 23.2 Å². The number of nitrogens with zero attached hydrogens (tertiary/aromatic N) is 3. The van der Waals surface area contributed by atoms with Gasteiger partial charge in [-0.3, -0.25) is 4.79 Å². The lowest BCUT2D eigenvalue weighted by Gasteiger charge is -2.20. The molecule has 1 aliphatic rings. The Balaban J connectivity index is 1.59. The zero-order valence-corrected chi connectivity index (χ0v) is 16.4. The number of halogens is 2. The Hall–Kier alpha value is -3.13. The molecule has 0 spiro atoms. The quantitative estimate of drug-likeness (QED) is 0.622. The Morgan fingerprint density at radius 2 is 2.03 bits per heavy atom. The number of carbonyl (C=O) groups excluding carboxylic acids is 1. The fraction of sp³-hybridized carbons (Fsp3) is 0.250. The highest BCUT2D eigenvalue weighted by molar-refractivity contribution is 6.31. The largest absolute Gasteiger partial charge is 0.497 e. The third-order valence-electron chi connectivity index (χ3n) is 4.77. The average molecular weight is 418 g/mol. The van der Waals surface area contributed by atoms with Gasteiger partial charge in [-0.1, -0.05) is 16.8 Å². The Morgan fingerprint density at radius 1 is 1.21 bits per heavy atom. The first-order valence-electron chi connectivity index (χ1n) is 8.81. The smallest absolute Gasteiger partial charge is 0.232 e. The summed E-state index contributed by atoms with van der Waals surface area (Å²) in [6.07, 6.45) is 0.214. The molecule has 0 saturated carbocycles. The number of amides is 1. The van der Waals surface area contributed by atoms with E-state index in [9.17, 15) is 9.18 Å². The number of ether oxygens (including phenoxy) is 2.